The first-order chi connectivity index (χ1) is 13.5. The van der Waals surface area contributed by atoms with Crippen LogP contribution in [-0.2, 0) is 9.53 Å². The van der Waals surface area contributed by atoms with E-state index in [1.807, 2.05) is 0 Å². The lowest BCUT2D eigenvalue weighted by atomic mass is 10.1. The third-order valence-corrected chi connectivity index (χ3v) is 4.02. The number of amides is 1. The minimum atomic E-state index is -0.925. The van der Waals surface area contributed by atoms with Gasteiger partial charge >= 0.3 is 5.97 Å². The first kappa shape index (κ1) is 21.0. The Morgan fingerprint density at radius 2 is 1.64 bits per heavy atom. The van der Waals surface area contributed by atoms with Crippen molar-refractivity contribution < 1.29 is 28.6 Å². The molecule has 148 valence electrons. The van der Waals surface area contributed by atoms with Crippen LogP contribution in [0.1, 0.15) is 34.1 Å². The molecule has 1 N–H and O–H groups in total. The van der Waals surface area contributed by atoms with Crippen LogP contribution in [0.5, 0.6) is 11.5 Å². The van der Waals surface area contributed by atoms with Gasteiger partial charge in [-0.15, -0.1) is 0 Å². The van der Waals surface area contributed by atoms with E-state index in [-0.39, 0.29) is 24.7 Å². The van der Waals surface area contributed by atoms with Gasteiger partial charge in [0, 0.05) is 12.1 Å². The number of carbonyl (C=O) groups is 3. The van der Waals surface area contributed by atoms with Gasteiger partial charge in [-0.3, -0.25) is 14.4 Å². The Kier molecular flexibility index (Phi) is 7.56. The monoisotopic (exact) mass is 385 g/mol. The lowest BCUT2D eigenvalue weighted by molar-refractivity contribution is -0.146. The lowest BCUT2D eigenvalue weighted by Crippen LogP contribution is -2.29. The van der Waals surface area contributed by atoms with Crippen molar-refractivity contribution in [3.05, 3.63) is 59.7 Å². The van der Waals surface area contributed by atoms with Gasteiger partial charge in [0.15, 0.2) is 6.10 Å². The number of hydrogen-bond donors (Lipinski definition) is 1. The highest BCUT2D eigenvalue weighted by Crippen LogP contribution is 2.17. The number of methoxy groups -OCH3 is 2. The number of nitrogens with one attached hydrogen (secondary N) is 1. The number of benzene rings is 2. The summed E-state index contributed by atoms with van der Waals surface area (Å²) in [5.74, 6) is -0.162. The molecule has 0 fully saturated rings. The summed E-state index contributed by atoms with van der Waals surface area (Å²) >= 11 is 0. The van der Waals surface area contributed by atoms with E-state index >= 15 is 0 Å². The fourth-order valence-electron chi connectivity index (χ4n) is 2.51. The number of rotatable bonds is 9. The van der Waals surface area contributed by atoms with E-state index < -0.39 is 12.1 Å². The second kappa shape index (κ2) is 10.1. The minimum absolute atomic E-state index is 0.0544. The van der Waals surface area contributed by atoms with Gasteiger partial charge in [-0.2, -0.15) is 0 Å². The fraction of sp³-hybridized carbons (Fsp3) is 0.286. The highest BCUT2D eigenvalue weighted by molar-refractivity contribution is 6.00. The smallest absolute Gasteiger partial charge is 0.308 e. The maximum absolute atomic E-state index is 12.3. The molecule has 0 saturated carbocycles. The topological polar surface area (TPSA) is 90.9 Å². The summed E-state index contributed by atoms with van der Waals surface area (Å²) in [6, 6.07) is 13.3. The van der Waals surface area contributed by atoms with Gasteiger partial charge in [-0.25, -0.2) is 0 Å². The van der Waals surface area contributed by atoms with Crippen molar-refractivity contribution in [1.29, 1.82) is 0 Å². The Bertz CT molecular complexity index is 831. The molecule has 0 unspecified atom stereocenters. The molecular formula is C21H23NO6. The number of carbonyl (C=O) groups excluding carboxylic acids is 3. The van der Waals surface area contributed by atoms with E-state index in [1.165, 1.54) is 21.1 Å². The molecule has 2 aromatic rings. The molecule has 0 aliphatic carbocycles. The van der Waals surface area contributed by atoms with Crippen LogP contribution >= 0.6 is 0 Å². The zero-order valence-corrected chi connectivity index (χ0v) is 16.1. The predicted molar refractivity (Wildman–Crippen MR) is 103 cm³/mol. The van der Waals surface area contributed by atoms with E-state index in [1.54, 1.807) is 48.5 Å². The number of ether oxygens (including phenoxy) is 3. The second-order valence-corrected chi connectivity index (χ2v) is 5.93. The van der Waals surface area contributed by atoms with Gasteiger partial charge < -0.3 is 19.5 Å². The Labute approximate surface area is 163 Å². The molecule has 0 aromatic heterocycles. The summed E-state index contributed by atoms with van der Waals surface area (Å²) in [4.78, 5) is 36.4. The highest BCUT2D eigenvalue weighted by Gasteiger charge is 2.20. The van der Waals surface area contributed by atoms with Crippen molar-refractivity contribution in [1.82, 2.24) is 5.32 Å². The molecule has 2 rings (SSSR count). The van der Waals surface area contributed by atoms with Crippen LogP contribution < -0.4 is 14.8 Å². The number of hydrogen-bond acceptors (Lipinski definition) is 6. The molecule has 0 aliphatic heterocycles. The van der Waals surface area contributed by atoms with Crippen LogP contribution in [0, 0.1) is 0 Å². The van der Waals surface area contributed by atoms with Gasteiger partial charge in [0.25, 0.3) is 5.91 Å². The van der Waals surface area contributed by atoms with Crippen molar-refractivity contribution in [3.63, 3.8) is 0 Å². The average molecular weight is 385 g/mol. The first-order valence-corrected chi connectivity index (χ1v) is 8.75. The molecular weight excluding hydrogens is 362 g/mol. The van der Waals surface area contributed by atoms with Crippen LogP contribution in [0.25, 0.3) is 0 Å². The first-order valence-electron chi connectivity index (χ1n) is 8.75. The molecule has 0 radical (unpaired) electrons. The molecule has 1 atom stereocenters. The zero-order chi connectivity index (χ0) is 20.5. The van der Waals surface area contributed by atoms with Gasteiger partial charge in [0.1, 0.15) is 11.5 Å². The summed E-state index contributed by atoms with van der Waals surface area (Å²) in [6.45, 7) is 1.59. The van der Waals surface area contributed by atoms with Crippen molar-refractivity contribution in [3.8, 4) is 11.5 Å². The lowest BCUT2D eigenvalue weighted by Gasteiger charge is -2.13. The van der Waals surface area contributed by atoms with E-state index in [9.17, 15) is 14.4 Å². The Hall–Kier alpha value is -3.35. The van der Waals surface area contributed by atoms with E-state index in [0.29, 0.717) is 22.6 Å². The zero-order valence-electron chi connectivity index (χ0n) is 16.1. The summed E-state index contributed by atoms with van der Waals surface area (Å²) in [5.41, 5.74) is 0.798. The number of esters is 1. The molecule has 2 aromatic carbocycles. The second-order valence-electron chi connectivity index (χ2n) is 5.93. The summed E-state index contributed by atoms with van der Waals surface area (Å²) < 4.78 is 15.3. The SMILES string of the molecule is COc1ccc(C(=O)[C@@H](C)OC(=O)CCNC(=O)c2ccccc2OC)cc1. The molecule has 7 heteroatoms. The third-order valence-electron chi connectivity index (χ3n) is 4.02. The number of ketones is 1. The van der Waals surface area contributed by atoms with Crippen LogP contribution in [0.3, 0.4) is 0 Å². The van der Waals surface area contributed by atoms with Crippen molar-refractivity contribution >= 4 is 17.7 Å². The molecule has 7 nitrogen and oxygen atoms in total. The average Bonchev–Trinajstić information content (AvgIpc) is 2.73. The van der Waals surface area contributed by atoms with Crippen LogP contribution in [0.15, 0.2) is 48.5 Å². The van der Waals surface area contributed by atoms with Crippen molar-refractivity contribution in [2.75, 3.05) is 20.8 Å². The summed E-state index contributed by atoms with van der Waals surface area (Å²) in [5, 5.41) is 2.63. The molecule has 0 bridgehead atoms. The van der Waals surface area contributed by atoms with E-state index in [2.05, 4.69) is 5.32 Å². The number of para-hydroxylation sites is 1. The maximum Gasteiger partial charge on any atom is 0.308 e. The molecule has 28 heavy (non-hydrogen) atoms. The van der Waals surface area contributed by atoms with Gasteiger partial charge in [0.2, 0.25) is 5.78 Å². The minimum Gasteiger partial charge on any atom is -0.497 e. The van der Waals surface area contributed by atoms with Gasteiger partial charge in [-0.1, -0.05) is 12.1 Å². The quantitative estimate of drug-likeness (QED) is 0.527. The maximum atomic E-state index is 12.3. The van der Waals surface area contributed by atoms with Crippen LogP contribution in [0.2, 0.25) is 0 Å². The van der Waals surface area contributed by atoms with Crippen LogP contribution in [-0.4, -0.2) is 44.5 Å². The third kappa shape index (κ3) is 5.57. The predicted octanol–water partition coefficient (Wildman–Crippen LogP) is 2.64. The number of Topliss-reactive ketones (excluding diaryl/α,β-unsaturated/α-hetero) is 1. The van der Waals surface area contributed by atoms with Crippen LogP contribution in [0.4, 0.5) is 0 Å². The largest absolute Gasteiger partial charge is 0.497 e. The fourth-order valence-corrected chi connectivity index (χ4v) is 2.51. The van der Waals surface area contributed by atoms with E-state index in [4.69, 9.17) is 14.2 Å². The normalized spacial score (nSPS) is 11.2. The Morgan fingerprint density at radius 3 is 2.29 bits per heavy atom. The van der Waals surface area contributed by atoms with Crippen molar-refractivity contribution in [2.24, 2.45) is 0 Å². The summed E-state index contributed by atoms with van der Waals surface area (Å²) in [6.07, 6.45) is -0.980. The van der Waals surface area contributed by atoms with E-state index in [0.717, 1.165) is 0 Å². The molecule has 0 aliphatic rings. The summed E-state index contributed by atoms with van der Waals surface area (Å²) in [7, 11) is 3.01. The van der Waals surface area contributed by atoms with Gasteiger partial charge in [-0.05, 0) is 43.3 Å². The van der Waals surface area contributed by atoms with Crippen molar-refractivity contribution in [2.45, 2.75) is 19.4 Å². The molecule has 0 spiro atoms. The molecule has 0 heterocycles. The van der Waals surface area contributed by atoms with Gasteiger partial charge in [0.05, 0.1) is 26.2 Å². The molecule has 1 amide bonds. The highest BCUT2D eigenvalue weighted by atomic mass is 16.5. The Balaban J connectivity index is 1.81. The molecule has 0 saturated heterocycles. The Morgan fingerprint density at radius 1 is 0.964 bits per heavy atom. The standard InChI is InChI=1S/C21H23NO6/c1-14(20(24)15-8-10-16(26-2)11-9-15)28-19(23)12-13-22-21(25)17-6-4-5-7-18(17)27-3/h4-11,14H,12-13H2,1-3H3,(H,22,25)/t14-/m1/s1.